The summed E-state index contributed by atoms with van der Waals surface area (Å²) in [5, 5.41) is 54.5. The molecule has 1 atom stereocenters. The first-order valence-electron chi connectivity index (χ1n) is 4.66. The molecule has 11 heteroatoms. The second kappa shape index (κ2) is 10.2. The molecule has 0 radical (unpaired) electrons. The second-order valence-electron chi connectivity index (χ2n) is 3.43. The first-order valence-corrected chi connectivity index (χ1v) is 4.66. The third kappa shape index (κ3) is 11.4. The Hall–Kier alpha value is -1.67. The molecule has 0 saturated carbocycles. The van der Waals surface area contributed by atoms with Crippen LogP contribution in [0.5, 0.6) is 0 Å². The van der Waals surface area contributed by atoms with Crippen LogP contribution < -0.4 is 15.3 Å². The van der Waals surface area contributed by atoms with Gasteiger partial charge >= 0.3 is 23.3 Å². The van der Waals surface area contributed by atoms with Crippen LogP contribution in [0.3, 0.4) is 0 Å². The second-order valence-corrected chi connectivity index (χ2v) is 3.43. The van der Waals surface area contributed by atoms with Crippen molar-refractivity contribution >= 4 is 41.2 Å². The molecule has 0 bridgehead atoms. The van der Waals surface area contributed by atoms with Crippen molar-refractivity contribution in [2.75, 3.05) is 0 Å². The molecular formula is C9H11AlO10. The monoisotopic (exact) mass is 306 g/mol. The predicted octanol–water partition coefficient (Wildman–Crippen LogP) is -6.18. The Balaban J connectivity index is -0.000000352. The minimum atomic E-state index is -2.86. The molecule has 0 aromatic rings. The number of carboxylic acids is 4. The molecule has 0 rings (SSSR count). The Morgan fingerprint density at radius 2 is 1.30 bits per heavy atom. The van der Waals surface area contributed by atoms with Gasteiger partial charge in [-0.15, -0.1) is 0 Å². The molecule has 110 valence electrons. The van der Waals surface area contributed by atoms with Gasteiger partial charge in [0.15, 0.2) is 5.60 Å². The molecule has 0 saturated heterocycles. The van der Waals surface area contributed by atoms with Crippen LogP contribution in [0.1, 0.15) is 19.8 Å². The summed E-state index contributed by atoms with van der Waals surface area (Å²) < 4.78 is 0. The molecule has 10 nitrogen and oxygen atoms in total. The molecular weight excluding hydrogens is 295 g/mol. The Bertz CT molecular complexity index is 348. The van der Waals surface area contributed by atoms with Crippen molar-refractivity contribution in [2.45, 2.75) is 31.5 Å². The van der Waals surface area contributed by atoms with Crippen LogP contribution in [0, 0.1) is 0 Å². The molecule has 0 aliphatic heterocycles. The Kier molecular flexibility index (Phi) is 11.9. The molecule has 0 aromatic heterocycles. The maximum absolute atomic E-state index is 10.3. The summed E-state index contributed by atoms with van der Waals surface area (Å²) in [6, 6.07) is 0. The molecule has 0 aliphatic carbocycles. The molecule has 0 fully saturated rings. The van der Waals surface area contributed by atoms with E-state index in [0.29, 0.717) is 0 Å². The average molecular weight is 306 g/mol. The van der Waals surface area contributed by atoms with Gasteiger partial charge in [0, 0.05) is 24.8 Å². The van der Waals surface area contributed by atoms with Gasteiger partial charge in [0.05, 0.1) is 12.1 Å². The Morgan fingerprint density at radius 3 is 1.40 bits per heavy atom. The van der Waals surface area contributed by atoms with Gasteiger partial charge in [-0.2, -0.15) is 0 Å². The zero-order chi connectivity index (χ0) is 15.8. The van der Waals surface area contributed by atoms with Gasteiger partial charge in [-0.3, -0.25) is 0 Å². The van der Waals surface area contributed by atoms with Gasteiger partial charge in [-0.1, -0.05) is 0 Å². The van der Waals surface area contributed by atoms with Crippen LogP contribution in [0.15, 0.2) is 0 Å². The van der Waals surface area contributed by atoms with Crippen molar-refractivity contribution in [1.82, 2.24) is 0 Å². The minimum Gasteiger partial charge on any atom is -0.550 e. The minimum absolute atomic E-state index is 0. The predicted molar refractivity (Wildman–Crippen MR) is 54.3 cm³/mol. The fourth-order valence-corrected chi connectivity index (χ4v) is 0.691. The van der Waals surface area contributed by atoms with E-state index in [1.165, 1.54) is 0 Å². The number of aliphatic carboxylic acids is 4. The number of hydrogen-bond acceptors (Lipinski definition) is 9. The topological polar surface area (TPSA) is 198 Å². The first-order chi connectivity index (χ1) is 8.42. The van der Waals surface area contributed by atoms with Crippen molar-refractivity contribution in [3.8, 4) is 0 Å². The van der Waals surface area contributed by atoms with E-state index in [0.717, 1.165) is 6.92 Å². The van der Waals surface area contributed by atoms with E-state index in [2.05, 4.69) is 0 Å². The van der Waals surface area contributed by atoms with Crippen LogP contribution in [0.4, 0.5) is 0 Å². The van der Waals surface area contributed by atoms with Gasteiger partial charge in [0.1, 0.15) is 0 Å². The third-order valence-electron chi connectivity index (χ3n) is 1.61. The molecule has 1 unspecified atom stereocenters. The first kappa shape index (κ1) is 23.4. The van der Waals surface area contributed by atoms with E-state index in [1.807, 2.05) is 0 Å². The Morgan fingerprint density at radius 1 is 1.05 bits per heavy atom. The summed E-state index contributed by atoms with van der Waals surface area (Å²) in [5.41, 5.74) is -2.86. The average Bonchev–Trinajstić information content (AvgIpc) is 2.14. The SMILES string of the molecule is CC(O)C(=O)[O-].O=C([O-])CC(O)(CC(=O)[O-])C(=O)O.[Al+3]. The van der Waals surface area contributed by atoms with Gasteiger partial charge in [0.2, 0.25) is 0 Å². The number of hydrogen-bond donors (Lipinski definition) is 3. The number of carbonyl (C=O) groups is 4. The van der Waals surface area contributed by atoms with E-state index < -0.39 is 48.4 Å². The van der Waals surface area contributed by atoms with Gasteiger partial charge in [0.25, 0.3) is 0 Å². The number of aliphatic hydroxyl groups excluding tert-OH is 1. The van der Waals surface area contributed by atoms with Crippen molar-refractivity contribution in [1.29, 1.82) is 0 Å². The largest absolute Gasteiger partial charge is 3.00 e. The van der Waals surface area contributed by atoms with E-state index in [-0.39, 0.29) is 17.4 Å². The van der Waals surface area contributed by atoms with Crippen molar-refractivity contribution in [2.24, 2.45) is 0 Å². The smallest absolute Gasteiger partial charge is 0.550 e. The molecule has 0 heterocycles. The van der Waals surface area contributed by atoms with E-state index in [9.17, 15) is 34.5 Å². The molecule has 0 amide bonds. The van der Waals surface area contributed by atoms with E-state index in [1.54, 1.807) is 0 Å². The molecule has 20 heavy (non-hydrogen) atoms. The van der Waals surface area contributed by atoms with E-state index in [4.69, 9.17) is 15.3 Å². The van der Waals surface area contributed by atoms with Gasteiger partial charge < -0.3 is 45.0 Å². The van der Waals surface area contributed by atoms with Crippen molar-refractivity contribution in [3.63, 3.8) is 0 Å². The van der Waals surface area contributed by atoms with Crippen LogP contribution in [-0.2, 0) is 19.2 Å². The van der Waals surface area contributed by atoms with Crippen LogP contribution in [0.2, 0.25) is 0 Å². The van der Waals surface area contributed by atoms with Crippen LogP contribution in [0.25, 0.3) is 0 Å². The quantitative estimate of drug-likeness (QED) is 0.396. The van der Waals surface area contributed by atoms with Crippen molar-refractivity contribution in [3.05, 3.63) is 0 Å². The summed E-state index contributed by atoms with van der Waals surface area (Å²) in [6.07, 6.45) is -3.93. The maximum Gasteiger partial charge on any atom is 3.00 e. The van der Waals surface area contributed by atoms with Crippen LogP contribution in [-0.4, -0.2) is 68.3 Å². The number of aliphatic hydroxyl groups is 2. The maximum atomic E-state index is 10.3. The summed E-state index contributed by atoms with van der Waals surface area (Å²) in [5.74, 6) is -7.09. The normalized spacial score (nSPS) is 11.2. The zero-order valence-corrected chi connectivity index (χ0v) is 11.4. The standard InChI is InChI=1S/C6H8O7.C3H6O3.Al/c7-3(8)1-6(13,5(11)12)2-4(9)10;1-2(4)3(5)6;/h13H,1-2H2,(H,7,8)(H,9,10)(H,11,12);2,4H,1H3,(H,5,6);/q;;+3/p-3. The summed E-state index contributed by atoms with van der Waals surface area (Å²) in [4.78, 5) is 39.5. The van der Waals surface area contributed by atoms with Crippen LogP contribution >= 0.6 is 0 Å². The fourth-order valence-electron chi connectivity index (χ4n) is 0.691. The summed E-state index contributed by atoms with van der Waals surface area (Å²) >= 11 is 0. The third-order valence-corrected chi connectivity index (χ3v) is 1.61. The molecule has 0 aromatic carbocycles. The molecule has 0 aliphatic rings. The molecule has 3 N–H and O–H groups in total. The number of rotatable bonds is 6. The van der Waals surface area contributed by atoms with Crippen molar-refractivity contribution < 1.29 is 49.8 Å². The van der Waals surface area contributed by atoms with Gasteiger partial charge in [-0.05, 0) is 6.92 Å². The number of carbonyl (C=O) groups excluding carboxylic acids is 3. The molecule has 0 spiro atoms. The summed E-state index contributed by atoms with van der Waals surface area (Å²) in [6.45, 7) is 1.13. The Labute approximate surface area is 123 Å². The van der Waals surface area contributed by atoms with Gasteiger partial charge in [-0.25, -0.2) is 4.79 Å². The number of carboxylic acid groups (broad SMARTS) is 4. The summed E-state index contributed by atoms with van der Waals surface area (Å²) in [7, 11) is 0. The zero-order valence-electron chi connectivity index (χ0n) is 10.3. The fraction of sp³-hybridized carbons (Fsp3) is 0.556. The van der Waals surface area contributed by atoms with E-state index >= 15 is 0 Å².